The van der Waals surface area contributed by atoms with Crippen LogP contribution in [-0.2, 0) is 9.53 Å². The molecule has 7 heteroatoms. The number of rotatable bonds is 5. The third kappa shape index (κ3) is 3.28. The van der Waals surface area contributed by atoms with Gasteiger partial charge in [0.15, 0.2) is 0 Å². The molecule has 26 heavy (non-hydrogen) atoms. The summed E-state index contributed by atoms with van der Waals surface area (Å²) in [5.41, 5.74) is 1.06. The van der Waals surface area contributed by atoms with Crippen LogP contribution >= 0.6 is 0 Å². The maximum absolute atomic E-state index is 12.4. The van der Waals surface area contributed by atoms with Crippen molar-refractivity contribution in [2.24, 2.45) is 5.41 Å². The molecule has 0 aromatic carbocycles. The number of piperidine rings is 2. The van der Waals surface area contributed by atoms with Gasteiger partial charge in [-0.05, 0) is 31.7 Å². The Bertz CT molecular complexity index is 776. The van der Waals surface area contributed by atoms with Crippen LogP contribution in [0.1, 0.15) is 32.1 Å². The van der Waals surface area contributed by atoms with Gasteiger partial charge >= 0.3 is 0 Å². The van der Waals surface area contributed by atoms with E-state index in [1.165, 1.54) is 6.42 Å². The van der Waals surface area contributed by atoms with Crippen LogP contribution in [0.4, 0.5) is 5.82 Å². The summed E-state index contributed by atoms with van der Waals surface area (Å²) in [6.45, 7) is 4.32. The second-order valence-corrected chi connectivity index (χ2v) is 7.62. The van der Waals surface area contributed by atoms with Crippen LogP contribution in [-0.4, -0.2) is 65.7 Å². The Morgan fingerprint density at radius 1 is 1.31 bits per heavy atom. The third-order valence-corrected chi connectivity index (χ3v) is 5.82. The fourth-order valence-corrected chi connectivity index (χ4v) is 4.54. The van der Waals surface area contributed by atoms with Gasteiger partial charge in [-0.2, -0.15) is 0 Å². The number of aromatic nitrogens is 3. The predicted octanol–water partition coefficient (Wildman–Crippen LogP) is 2.20. The molecule has 1 atom stereocenters. The highest BCUT2D eigenvalue weighted by Gasteiger charge is 2.42. The molecule has 0 radical (unpaired) electrons. The molecule has 2 aliphatic rings. The summed E-state index contributed by atoms with van der Waals surface area (Å²) in [6, 6.07) is 2.05. The predicted molar refractivity (Wildman–Crippen MR) is 100 cm³/mol. The number of methoxy groups -OCH3 is 1. The average Bonchev–Trinajstić information content (AvgIpc) is 3.14. The summed E-state index contributed by atoms with van der Waals surface area (Å²) in [6.07, 6.45) is 8.40. The second-order valence-electron chi connectivity index (χ2n) is 7.62. The molecule has 0 unspecified atom stereocenters. The first-order chi connectivity index (χ1) is 12.7. The first-order valence-corrected chi connectivity index (χ1v) is 9.51. The smallest absolute Gasteiger partial charge is 0.222 e. The lowest BCUT2D eigenvalue weighted by Crippen LogP contribution is -2.54. The molecule has 2 aliphatic heterocycles. The molecular weight excluding hydrogens is 330 g/mol. The van der Waals surface area contributed by atoms with Crippen LogP contribution in [0.3, 0.4) is 0 Å². The number of carbonyl (C=O) groups excluding carboxylic acids is 1. The number of amides is 1. The van der Waals surface area contributed by atoms with Gasteiger partial charge in [0.05, 0.1) is 5.39 Å². The van der Waals surface area contributed by atoms with Gasteiger partial charge in [0.1, 0.15) is 17.8 Å². The van der Waals surface area contributed by atoms with Crippen LogP contribution in [0.25, 0.3) is 11.0 Å². The fraction of sp³-hybridized carbons (Fsp3) is 0.632. The SMILES string of the molecule is COCCCN1C[C@]2(CCCN(c3ncnc4[nH]ccc34)C2)CCC1=O. The van der Waals surface area contributed by atoms with Crippen molar-refractivity contribution in [3.63, 3.8) is 0 Å². The Morgan fingerprint density at radius 3 is 3.12 bits per heavy atom. The van der Waals surface area contributed by atoms with Crippen molar-refractivity contribution in [3.05, 3.63) is 18.6 Å². The van der Waals surface area contributed by atoms with Crippen molar-refractivity contribution in [2.45, 2.75) is 32.1 Å². The topological polar surface area (TPSA) is 74.3 Å². The molecule has 2 saturated heterocycles. The van der Waals surface area contributed by atoms with Crippen molar-refractivity contribution in [3.8, 4) is 0 Å². The average molecular weight is 357 g/mol. The molecule has 1 spiro atoms. The standard InChI is InChI=1S/C19H27N5O2/c1-26-11-3-10-23-12-19(7-4-16(23)25)6-2-9-24(13-19)18-15-5-8-20-17(15)21-14-22-18/h5,8,14H,2-4,6-7,9-13H2,1H3,(H,20,21,22)/t19-/m0/s1. The van der Waals surface area contributed by atoms with E-state index in [4.69, 9.17) is 4.74 Å². The lowest BCUT2D eigenvalue weighted by Gasteiger charge is -2.48. The molecular formula is C19H27N5O2. The normalized spacial score (nSPS) is 24.0. The molecule has 0 saturated carbocycles. The first kappa shape index (κ1) is 17.3. The van der Waals surface area contributed by atoms with Crippen LogP contribution in [0.2, 0.25) is 0 Å². The fourth-order valence-electron chi connectivity index (χ4n) is 4.54. The number of likely N-dealkylation sites (tertiary alicyclic amines) is 1. The quantitative estimate of drug-likeness (QED) is 0.831. The van der Waals surface area contributed by atoms with Gasteiger partial charge in [0.2, 0.25) is 5.91 Å². The largest absolute Gasteiger partial charge is 0.385 e. The molecule has 1 N–H and O–H groups in total. The summed E-state index contributed by atoms with van der Waals surface area (Å²) in [5.74, 6) is 1.30. The van der Waals surface area contributed by atoms with Crippen LogP contribution in [0, 0.1) is 5.41 Å². The van der Waals surface area contributed by atoms with Gasteiger partial charge in [-0.25, -0.2) is 9.97 Å². The van der Waals surface area contributed by atoms with Crippen molar-refractivity contribution >= 4 is 22.8 Å². The molecule has 4 heterocycles. The van der Waals surface area contributed by atoms with Crippen molar-refractivity contribution in [1.29, 1.82) is 0 Å². The van der Waals surface area contributed by atoms with E-state index in [0.717, 1.165) is 62.3 Å². The number of nitrogens with zero attached hydrogens (tertiary/aromatic N) is 4. The highest BCUT2D eigenvalue weighted by molar-refractivity contribution is 5.87. The monoisotopic (exact) mass is 357 g/mol. The summed E-state index contributed by atoms with van der Waals surface area (Å²) < 4.78 is 5.15. The number of aromatic amines is 1. The van der Waals surface area contributed by atoms with Gasteiger partial charge in [-0.1, -0.05) is 0 Å². The third-order valence-electron chi connectivity index (χ3n) is 5.82. The van der Waals surface area contributed by atoms with Crippen LogP contribution in [0.5, 0.6) is 0 Å². The second kappa shape index (κ2) is 7.23. The minimum absolute atomic E-state index is 0.173. The van der Waals surface area contributed by atoms with Crippen molar-refractivity contribution in [2.75, 3.05) is 44.8 Å². The summed E-state index contributed by atoms with van der Waals surface area (Å²) in [5, 5.41) is 1.08. The minimum atomic E-state index is 0.173. The molecule has 2 aromatic rings. The Hall–Kier alpha value is -2.15. The Morgan fingerprint density at radius 2 is 2.23 bits per heavy atom. The number of fused-ring (bicyclic) bond motifs is 1. The van der Waals surface area contributed by atoms with Crippen LogP contribution < -0.4 is 4.90 Å². The number of hydrogen-bond acceptors (Lipinski definition) is 5. The van der Waals surface area contributed by atoms with Gasteiger partial charge in [0.25, 0.3) is 0 Å². The number of H-pyrrole nitrogens is 1. The van der Waals surface area contributed by atoms with E-state index < -0.39 is 0 Å². The summed E-state index contributed by atoms with van der Waals surface area (Å²) >= 11 is 0. The number of nitrogens with one attached hydrogen (secondary N) is 1. The van der Waals surface area contributed by atoms with Gasteiger partial charge in [-0.3, -0.25) is 4.79 Å². The van der Waals surface area contributed by atoms with Crippen LogP contribution in [0.15, 0.2) is 18.6 Å². The highest BCUT2D eigenvalue weighted by atomic mass is 16.5. The van der Waals surface area contributed by atoms with E-state index in [9.17, 15) is 4.79 Å². The molecule has 140 valence electrons. The lowest BCUT2D eigenvalue weighted by molar-refractivity contribution is -0.138. The molecule has 7 nitrogen and oxygen atoms in total. The van der Waals surface area contributed by atoms with E-state index in [2.05, 4.69) is 24.8 Å². The Balaban J connectivity index is 1.52. The Kier molecular flexibility index (Phi) is 4.80. The molecule has 1 amide bonds. The highest BCUT2D eigenvalue weighted by Crippen LogP contribution is 2.40. The zero-order valence-corrected chi connectivity index (χ0v) is 15.4. The first-order valence-electron chi connectivity index (χ1n) is 9.51. The Labute approximate surface area is 153 Å². The molecule has 0 aliphatic carbocycles. The zero-order chi connectivity index (χ0) is 18.0. The van der Waals surface area contributed by atoms with E-state index >= 15 is 0 Å². The van der Waals surface area contributed by atoms with Gasteiger partial charge in [0, 0.05) is 57.9 Å². The number of hydrogen-bond donors (Lipinski definition) is 1. The molecule has 2 fully saturated rings. The van der Waals surface area contributed by atoms with Gasteiger partial charge in [-0.15, -0.1) is 0 Å². The van der Waals surface area contributed by atoms with E-state index in [0.29, 0.717) is 18.9 Å². The minimum Gasteiger partial charge on any atom is -0.385 e. The molecule has 0 bridgehead atoms. The molecule has 4 rings (SSSR count). The summed E-state index contributed by atoms with van der Waals surface area (Å²) in [7, 11) is 1.71. The zero-order valence-electron chi connectivity index (χ0n) is 15.4. The van der Waals surface area contributed by atoms with Crippen molar-refractivity contribution < 1.29 is 9.53 Å². The van der Waals surface area contributed by atoms with E-state index in [1.54, 1.807) is 13.4 Å². The van der Waals surface area contributed by atoms with Gasteiger partial charge < -0.3 is 19.5 Å². The van der Waals surface area contributed by atoms with Crippen molar-refractivity contribution in [1.82, 2.24) is 19.9 Å². The number of ether oxygens (including phenoxy) is 1. The number of anilines is 1. The maximum atomic E-state index is 12.4. The number of carbonyl (C=O) groups is 1. The maximum Gasteiger partial charge on any atom is 0.222 e. The molecule has 2 aromatic heterocycles. The van der Waals surface area contributed by atoms with E-state index in [-0.39, 0.29) is 5.41 Å². The lowest BCUT2D eigenvalue weighted by atomic mass is 9.73. The van der Waals surface area contributed by atoms with E-state index in [1.807, 2.05) is 12.3 Å². The summed E-state index contributed by atoms with van der Waals surface area (Å²) in [4.78, 5) is 28.8.